The highest BCUT2D eigenvalue weighted by Gasteiger charge is 2.32. The molecular formula is C19H22Cl2N6O. The van der Waals surface area contributed by atoms with E-state index < -0.39 is 6.10 Å². The maximum absolute atomic E-state index is 10.3. The molecular weight excluding hydrogens is 399 g/mol. The van der Waals surface area contributed by atoms with E-state index in [1.807, 2.05) is 19.2 Å². The molecule has 28 heavy (non-hydrogen) atoms. The minimum absolute atomic E-state index is 0.0627. The maximum Gasteiger partial charge on any atom is 0.155 e. The quantitative estimate of drug-likeness (QED) is 0.676. The highest BCUT2D eigenvalue weighted by molar-refractivity contribution is 6.36. The molecule has 1 aliphatic rings. The Balaban J connectivity index is 1.73. The van der Waals surface area contributed by atoms with Crippen LogP contribution in [-0.4, -0.2) is 41.8 Å². The summed E-state index contributed by atoms with van der Waals surface area (Å²) in [7, 11) is 1.86. The first kappa shape index (κ1) is 19.4. The van der Waals surface area contributed by atoms with Gasteiger partial charge in [-0.15, -0.1) is 5.10 Å². The second kappa shape index (κ2) is 7.83. The van der Waals surface area contributed by atoms with Gasteiger partial charge in [-0.25, -0.2) is 4.98 Å². The molecule has 1 fully saturated rings. The fourth-order valence-corrected chi connectivity index (χ4v) is 4.25. The molecule has 1 saturated carbocycles. The number of halogens is 2. The number of aryl methyl sites for hydroxylation is 1. The summed E-state index contributed by atoms with van der Waals surface area (Å²) in [6, 6.07) is 7.12. The van der Waals surface area contributed by atoms with E-state index in [2.05, 4.69) is 5.10 Å². The van der Waals surface area contributed by atoms with Crippen LogP contribution >= 0.6 is 23.2 Å². The lowest BCUT2D eigenvalue weighted by molar-refractivity contribution is 0.0960. The molecule has 3 N–H and O–H groups in total. The zero-order valence-electron chi connectivity index (χ0n) is 15.5. The molecule has 148 valence electrons. The van der Waals surface area contributed by atoms with Gasteiger partial charge in [0, 0.05) is 41.5 Å². The molecule has 0 aliphatic heterocycles. The first-order valence-electron chi connectivity index (χ1n) is 9.24. The van der Waals surface area contributed by atoms with E-state index in [1.54, 1.807) is 27.7 Å². The van der Waals surface area contributed by atoms with Crippen molar-refractivity contribution in [2.24, 2.45) is 12.8 Å². The molecule has 1 aromatic carbocycles. The van der Waals surface area contributed by atoms with Gasteiger partial charge in [0.25, 0.3) is 0 Å². The van der Waals surface area contributed by atoms with Crippen molar-refractivity contribution in [1.82, 2.24) is 24.5 Å². The lowest BCUT2D eigenvalue weighted by Gasteiger charge is -2.30. The van der Waals surface area contributed by atoms with Crippen molar-refractivity contribution < 1.29 is 5.11 Å². The van der Waals surface area contributed by atoms with E-state index >= 15 is 0 Å². The first-order chi connectivity index (χ1) is 13.4. The van der Waals surface area contributed by atoms with Crippen molar-refractivity contribution >= 4 is 23.2 Å². The summed E-state index contributed by atoms with van der Waals surface area (Å²) in [5, 5.41) is 20.4. The lowest BCUT2D eigenvalue weighted by atomic mass is 9.84. The van der Waals surface area contributed by atoms with Crippen molar-refractivity contribution in [2.45, 2.75) is 43.7 Å². The number of aliphatic hydroxyl groups excluding tert-OH is 1. The molecule has 3 atom stereocenters. The van der Waals surface area contributed by atoms with E-state index in [0.29, 0.717) is 28.7 Å². The van der Waals surface area contributed by atoms with E-state index in [9.17, 15) is 5.11 Å². The van der Waals surface area contributed by atoms with Gasteiger partial charge in [-0.3, -0.25) is 4.68 Å². The fraction of sp³-hybridized carbons (Fsp3) is 0.421. The highest BCUT2D eigenvalue weighted by atomic mass is 35.5. The average Bonchev–Trinajstić information content (AvgIpc) is 3.26. The van der Waals surface area contributed by atoms with E-state index in [-0.39, 0.29) is 12.0 Å². The number of aliphatic hydroxyl groups is 1. The van der Waals surface area contributed by atoms with Crippen molar-refractivity contribution in [3.63, 3.8) is 0 Å². The third-order valence-electron chi connectivity index (χ3n) is 5.32. The van der Waals surface area contributed by atoms with Crippen molar-refractivity contribution in [3.8, 4) is 5.82 Å². The Kier molecular flexibility index (Phi) is 5.42. The standard InChI is InChI=1S/C19H22Cl2N6O/c1-26-18(7-8-23-26)27-19(11-5-6-15(22)16(28)9-11)24-17(25-27)10-12-13(20)3-2-4-14(12)21/h2-4,7-8,11,15-16,28H,5-6,9-10,22H2,1H3/t11-,15+,16+/m0/s1. The van der Waals surface area contributed by atoms with Crippen molar-refractivity contribution in [3.05, 3.63) is 57.7 Å². The van der Waals surface area contributed by atoms with Gasteiger partial charge in [0.15, 0.2) is 11.6 Å². The van der Waals surface area contributed by atoms with Gasteiger partial charge >= 0.3 is 0 Å². The highest BCUT2D eigenvalue weighted by Crippen LogP contribution is 2.33. The summed E-state index contributed by atoms with van der Waals surface area (Å²) in [6.45, 7) is 0. The van der Waals surface area contributed by atoms with E-state index in [1.165, 1.54) is 0 Å². The molecule has 0 bridgehead atoms. The molecule has 9 heteroatoms. The van der Waals surface area contributed by atoms with Gasteiger partial charge < -0.3 is 10.8 Å². The molecule has 0 unspecified atom stereocenters. The molecule has 0 spiro atoms. The molecule has 3 aromatic rings. The number of aromatic nitrogens is 5. The normalized spacial score (nSPS) is 22.5. The summed E-state index contributed by atoms with van der Waals surface area (Å²) in [4.78, 5) is 4.81. The SMILES string of the molecule is Cn1nccc1-n1nc(Cc2c(Cl)cccc2Cl)nc1[C@H]1CC[C@@H](N)[C@H](O)C1. The minimum atomic E-state index is -0.545. The summed E-state index contributed by atoms with van der Waals surface area (Å²) >= 11 is 12.7. The van der Waals surface area contributed by atoms with Crippen LogP contribution in [0.3, 0.4) is 0 Å². The van der Waals surface area contributed by atoms with Gasteiger partial charge in [0.05, 0.1) is 12.3 Å². The topological polar surface area (TPSA) is 94.8 Å². The average molecular weight is 421 g/mol. The van der Waals surface area contributed by atoms with Crippen molar-refractivity contribution in [2.75, 3.05) is 0 Å². The Bertz CT molecular complexity index is 964. The molecule has 2 heterocycles. The van der Waals surface area contributed by atoms with Crippen LogP contribution in [0.4, 0.5) is 0 Å². The Morgan fingerprint density at radius 1 is 1.21 bits per heavy atom. The van der Waals surface area contributed by atoms with Crippen LogP contribution in [0.1, 0.15) is 42.4 Å². The van der Waals surface area contributed by atoms with Crippen LogP contribution in [0.25, 0.3) is 5.82 Å². The monoisotopic (exact) mass is 420 g/mol. The van der Waals surface area contributed by atoms with Crippen LogP contribution in [0.5, 0.6) is 0 Å². The van der Waals surface area contributed by atoms with Crippen LogP contribution in [0.2, 0.25) is 10.0 Å². The van der Waals surface area contributed by atoms with Gasteiger partial charge in [-0.05, 0) is 37.0 Å². The third kappa shape index (κ3) is 3.67. The lowest BCUT2D eigenvalue weighted by Crippen LogP contribution is -2.40. The Morgan fingerprint density at radius 3 is 2.61 bits per heavy atom. The number of hydrogen-bond donors (Lipinski definition) is 2. The van der Waals surface area contributed by atoms with E-state index in [4.69, 9.17) is 39.0 Å². The smallest absolute Gasteiger partial charge is 0.155 e. The summed E-state index contributed by atoms with van der Waals surface area (Å²) < 4.78 is 3.55. The minimum Gasteiger partial charge on any atom is -0.391 e. The maximum atomic E-state index is 10.3. The van der Waals surface area contributed by atoms with Crippen LogP contribution in [0.15, 0.2) is 30.5 Å². The van der Waals surface area contributed by atoms with Gasteiger partial charge in [-0.2, -0.15) is 9.78 Å². The summed E-state index contributed by atoms with van der Waals surface area (Å²) in [6.07, 6.45) is 3.75. The number of nitrogens with zero attached hydrogens (tertiary/aromatic N) is 5. The predicted octanol–water partition coefficient (Wildman–Crippen LogP) is 2.85. The largest absolute Gasteiger partial charge is 0.391 e. The molecule has 2 aromatic heterocycles. The first-order valence-corrected chi connectivity index (χ1v) is 10.0. The third-order valence-corrected chi connectivity index (χ3v) is 6.03. The predicted molar refractivity (Wildman–Crippen MR) is 108 cm³/mol. The zero-order valence-corrected chi connectivity index (χ0v) is 17.0. The zero-order chi connectivity index (χ0) is 19.8. The Hall–Kier alpha value is -1.93. The molecule has 7 nitrogen and oxygen atoms in total. The molecule has 0 amide bonds. The fourth-order valence-electron chi connectivity index (χ4n) is 3.72. The second-order valence-electron chi connectivity index (χ2n) is 7.23. The number of rotatable bonds is 4. The summed E-state index contributed by atoms with van der Waals surface area (Å²) in [5.74, 6) is 2.29. The molecule has 1 aliphatic carbocycles. The van der Waals surface area contributed by atoms with Crippen molar-refractivity contribution in [1.29, 1.82) is 0 Å². The Labute approximate surface area is 173 Å². The van der Waals surface area contributed by atoms with Gasteiger partial charge in [0.2, 0.25) is 0 Å². The summed E-state index contributed by atoms with van der Waals surface area (Å²) in [5.41, 5.74) is 6.78. The van der Waals surface area contributed by atoms with Gasteiger partial charge in [0.1, 0.15) is 5.82 Å². The van der Waals surface area contributed by atoms with Crippen LogP contribution in [0, 0.1) is 0 Å². The van der Waals surface area contributed by atoms with E-state index in [0.717, 1.165) is 30.0 Å². The number of nitrogens with two attached hydrogens (primary N) is 1. The Morgan fingerprint density at radius 2 is 1.96 bits per heavy atom. The molecule has 0 saturated heterocycles. The van der Waals surface area contributed by atoms with Crippen LogP contribution in [-0.2, 0) is 13.5 Å². The second-order valence-corrected chi connectivity index (χ2v) is 8.04. The molecule has 0 radical (unpaired) electrons. The van der Waals surface area contributed by atoms with Crippen LogP contribution < -0.4 is 5.73 Å². The molecule has 4 rings (SSSR count). The number of hydrogen-bond acceptors (Lipinski definition) is 5. The van der Waals surface area contributed by atoms with Gasteiger partial charge in [-0.1, -0.05) is 29.3 Å². The number of benzene rings is 1.